The highest BCUT2D eigenvalue weighted by molar-refractivity contribution is 5.75. The van der Waals surface area contributed by atoms with Gasteiger partial charge in [-0.3, -0.25) is 10.2 Å². The number of carbonyl (C=O) groups excluding carboxylic acids is 1. The molecule has 0 aromatic carbocycles. The van der Waals surface area contributed by atoms with Crippen LogP contribution in [0.5, 0.6) is 0 Å². The first-order valence-electron chi connectivity index (χ1n) is 5.07. The molecule has 5 nitrogen and oxygen atoms in total. The summed E-state index contributed by atoms with van der Waals surface area (Å²) in [5.41, 5.74) is 2.10. The summed E-state index contributed by atoms with van der Waals surface area (Å²) in [6, 6.07) is 0. The fourth-order valence-electron chi connectivity index (χ4n) is 1.26. The van der Waals surface area contributed by atoms with Gasteiger partial charge in [0.2, 0.25) is 5.91 Å². The molecule has 0 spiro atoms. The Labute approximate surface area is 85.2 Å². The van der Waals surface area contributed by atoms with Crippen LogP contribution in [-0.2, 0) is 4.79 Å². The molecule has 1 amide bonds. The second kappa shape index (κ2) is 8.93. The minimum Gasteiger partial charge on any atom is -0.396 e. The van der Waals surface area contributed by atoms with Crippen LogP contribution in [0.15, 0.2) is 0 Å². The Kier molecular flexibility index (Phi) is 8.51. The standard InChI is InChI=1S/C9H21N3O2/c1-2-12(7-4-8-13)6-3-5-9(14)11-10/h13H,2-8,10H2,1H3,(H,11,14). The van der Waals surface area contributed by atoms with Crippen LogP contribution in [0.2, 0.25) is 0 Å². The Morgan fingerprint density at radius 2 is 2.07 bits per heavy atom. The fourth-order valence-corrected chi connectivity index (χ4v) is 1.26. The molecule has 0 atom stereocenters. The van der Waals surface area contributed by atoms with Crippen LogP contribution >= 0.6 is 0 Å². The summed E-state index contributed by atoms with van der Waals surface area (Å²) in [5.74, 6) is 4.83. The van der Waals surface area contributed by atoms with E-state index in [4.69, 9.17) is 10.9 Å². The maximum atomic E-state index is 10.8. The van der Waals surface area contributed by atoms with E-state index in [9.17, 15) is 4.79 Å². The van der Waals surface area contributed by atoms with Gasteiger partial charge in [0.1, 0.15) is 0 Å². The third-order valence-electron chi connectivity index (χ3n) is 2.12. The highest BCUT2D eigenvalue weighted by atomic mass is 16.3. The van der Waals surface area contributed by atoms with E-state index >= 15 is 0 Å². The van der Waals surface area contributed by atoms with Crippen LogP contribution in [0.4, 0.5) is 0 Å². The Bertz CT molecular complexity index is 153. The Hall–Kier alpha value is -0.650. The van der Waals surface area contributed by atoms with Crippen LogP contribution in [0.1, 0.15) is 26.2 Å². The minimum atomic E-state index is -0.122. The molecule has 0 bridgehead atoms. The van der Waals surface area contributed by atoms with Gasteiger partial charge in [-0.1, -0.05) is 6.92 Å². The van der Waals surface area contributed by atoms with Crippen LogP contribution in [0, 0.1) is 0 Å². The van der Waals surface area contributed by atoms with Crippen LogP contribution < -0.4 is 11.3 Å². The van der Waals surface area contributed by atoms with Crippen molar-refractivity contribution in [3.05, 3.63) is 0 Å². The summed E-state index contributed by atoms with van der Waals surface area (Å²) in [7, 11) is 0. The SMILES string of the molecule is CCN(CCCO)CCCC(=O)NN. The summed E-state index contributed by atoms with van der Waals surface area (Å²) in [4.78, 5) is 13.0. The summed E-state index contributed by atoms with van der Waals surface area (Å²) in [5, 5.41) is 8.66. The maximum Gasteiger partial charge on any atom is 0.233 e. The molecule has 0 fully saturated rings. The summed E-state index contributed by atoms with van der Waals surface area (Å²) in [6.45, 7) is 5.01. The van der Waals surface area contributed by atoms with E-state index in [1.54, 1.807) is 0 Å². The number of hydrogen-bond acceptors (Lipinski definition) is 4. The number of amides is 1. The Balaban J connectivity index is 3.46. The van der Waals surface area contributed by atoms with Gasteiger partial charge in [0.25, 0.3) is 0 Å². The fraction of sp³-hybridized carbons (Fsp3) is 0.889. The number of carbonyl (C=O) groups is 1. The van der Waals surface area contributed by atoms with Gasteiger partial charge in [0.15, 0.2) is 0 Å². The lowest BCUT2D eigenvalue weighted by Gasteiger charge is -2.19. The Morgan fingerprint density at radius 3 is 2.57 bits per heavy atom. The van der Waals surface area contributed by atoms with Crippen molar-refractivity contribution in [2.45, 2.75) is 26.2 Å². The van der Waals surface area contributed by atoms with Crippen molar-refractivity contribution in [3.8, 4) is 0 Å². The minimum absolute atomic E-state index is 0.122. The highest BCUT2D eigenvalue weighted by Gasteiger charge is 2.03. The molecule has 4 N–H and O–H groups in total. The number of nitrogens with zero attached hydrogens (tertiary/aromatic N) is 1. The first kappa shape index (κ1) is 13.4. The van der Waals surface area contributed by atoms with Gasteiger partial charge in [0, 0.05) is 19.6 Å². The topological polar surface area (TPSA) is 78.6 Å². The number of nitrogens with one attached hydrogen (secondary N) is 1. The molecule has 0 aliphatic heterocycles. The van der Waals surface area contributed by atoms with Crippen molar-refractivity contribution in [1.29, 1.82) is 0 Å². The predicted molar refractivity (Wildman–Crippen MR) is 55.4 cm³/mol. The lowest BCUT2D eigenvalue weighted by Crippen LogP contribution is -2.31. The molecule has 0 aromatic rings. The van der Waals surface area contributed by atoms with E-state index in [1.165, 1.54) is 0 Å². The van der Waals surface area contributed by atoms with Crippen molar-refractivity contribution < 1.29 is 9.90 Å². The second-order valence-corrected chi connectivity index (χ2v) is 3.18. The van der Waals surface area contributed by atoms with E-state index in [-0.39, 0.29) is 12.5 Å². The smallest absolute Gasteiger partial charge is 0.233 e. The lowest BCUT2D eigenvalue weighted by atomic mass is 10.2. The number of rotatable bonds is 8. The van der Waals surface area contributed by atoms with E-state index in [1.807, 2.05) is 0 Å². The van der Waals surface area contributed by atoms with E-state index < -0.39 is 0 Å². The molecule has 0 aliphatic carbocycles. The summed E-state index contributed by atoms with van der Waals surface area (Å²) >= 11 is 0. The largest absolute Gasteiger partial charge is 0.396 e. The molecule has 5 heteroatoms. The summed E-state index contributed by atoms with van der Waals surface area (Å²) in [6.07, 6.45) is 2.06. The van der Waals surface area contributed by atoms with Crippen molar-refractivity contribution in [3.63, 3.8) is 0 Å². The van der Waals surface area contributed by atoms with Gasteiger partial charge in [-0.15, -0.1) is 0 Å². The van der Waals surface area contributed by atoms with E-state index in [0.717, 1.165) is 32.5 Å². The monoisotopic (exact) mass is 203 g/mol. The van der Waals surface area contributed by atoms with Crippen molar-refractivity contribution >= 4 is 5.91 Å². The molecular weight excluding hydrogens is 182 g/mol. The van der Waals surface area contributed by atoms with Crippen molar-refractivity contribution in [1.82, 2.24) is 10.3 Å². The van der Waals surface area contributed by atoms with Gasteiger partial charge >= 0.3 is 0 Å². The zero-order valence-electron chi connectivity index (χ0n) is 8.83. The first-order valence-corrected chi connectivity index (χ1v) is 5.07. The van der Waals surface area contributed by atoms with Crippen LogP contribution in [-0.4, -0.2) is 42.2 Å². The van der Waals surface area contributed by atoms with Crippen LogP contribution in [0.25, 0.3) is 0 Å². The van der Waals surface area contributed by atoms with Gasteiger partial charge in [-0.25, -0.2) is 5.84 Å². The lowest BCUT2D eigenvalue weighted by molar-refractivity contribution is -0.121. The average molecular weight is 203 g/mol. The average Bonchev–Trinajstić information content (AvgIpc) is 2.22. The molecule has 0 heterocycles. The third-order valence-corrected chi connectivity index (χ3v) is 2.12. The van der Waals surface area contributed by atoms with Crippen LogP contribution in [0.3, 0.4) is 0 Å². The van der Waals surface area contributed by atoms with E-state index in [0.29, 0.717) is 6.42 Å². The molecular formula is C9H21N3O2. The van der Waals surface area contributed by atoms with Gasteiger partial charge in [-0.2, -0.15) is 0 Å². The predicted octanol–water partition coefficient (Wildman–Crippen LogP) is -0.539. The molecule has 14 heavy (non-hydrogen) atoms. The third kappa shape index (κ3) is 6.82. The normalized spacial score (nSPS) is 10.6. The van der Waals surface area contributed by atoms with Gasteiger partial charge < -0.3 is 10.0 Å². The number of hydrogen-bond donors (Lipinski definition) is 3. The molecule has 0 rings (SSSR count). The molecule has 0 aliphatic rings. The Morgan fingerprint density at radius 1 is 1.43 bits per heavy atom. The van der Waals surface area contributed by atoms with Gasteiger partial charge in [-0.05, 0) is 25.9 Å². The summed E-state index contributed by atoms with van der Waals surface area (Å²) < 4.78 is 0. The molecule has 0 saturated heterocycles. The zero-order valence-corrected chi connectivity index (χ0v) is 8.83. The van der Waals surface area contributed by atoms with Crippen molar-refractivity contribution in [2.24, 2.45) is 5.84 Å². The molecule has 0 aromatic heterocycles. The number of hydrazine groups is 1. The van der Waals surface area contributed by atoms with Gasteiger partial charge in [0.05, 0.1) is 0 Å². The molecule has 0 radical (unpaired) electrons. The highest BCUT2D eigenvalue weighted by Crippen LogP contribution is 1.96. The number of nitrogens with two attached hydrogens (primary N) is 1. The van der Waals surface area contributed by atoms with Crippen molar-refractivity contribution in [2.75, 3.05) is 26.2 Å². The van der Waals surface area contributed by atoms with E-state index in [2.05, 4.69) is 17.2 Å². The number of aliphatic hydroxyl groups excluding tert-OH is 1. The molecule has 84 valence electrons. The zero-order chi connectivity index (χ0) is 10.8. The first-order chi connectivity index (χ1) is 6.74. The molecule has 0 unspecified atom stereocenters. The number of aliphatic hydroxyl groups is 1. The molecule has 0 saturated carbocycles. The maximum absolute atomic E-state index is 10.8. The second-order valence-electron chi connectivity index (χ2n) is 3.18. The quantitative estimate of drug-likeness (QED) is 0.281.